The highest BCUT2D eigenvalue weighted by atomic mass is 35.5. The summed E-state index contributed by atoms with van der Waals surface area (Å²) in [6.45, 7) is 0.687. The number of aryl methyl sites for hydroxylation is 1. The number of alkyl halides is 3. The number of nitrogens with zero attached hydrogens (tertiary/aromatic N) is 6. The van der Waals surface area contributed by atoms with Crippen molar-refractivity contribution >= 4 is 23.2 Å². The van der Waals surface area contributed by atoms with Gasteiger partial charge in [-0.25, -0.2) is 18.7 Å². The van der Waals surface area contributed by atoms with Crippen LogP contribution in [0.2, 0.25) is 10.0 Å². The van der Waals surface area contributed by atoms with Gasteiger partial charge in [-0.15, -0.1) is 5.10 Å². The zero-order chi connectivity index (χ0) is 30.5. The summed E-state index contributed by atoms with van der Waals surface area (Å²) in [7, 11) is 1.30. The maximum atomic E-state index is 14.4. The Morgan fingerprint density at radius 3 is 2.52 bits per heavy atom. The van der Waals surface area contributed by atoms with Crippen LogP contribution in [0.3, 0.4) is 0 Å². The first-order valence-corrected chi connectivity index (χ1v) is 13.0. The summed E-state index contributed by atoms with van der Waals surface area (Å²) in [6.07, 6.45) is -9.62. The third kappa shape index (κ3) is 5.43. The second kappa shape index (κ2) is 11.4. The van der Waals surface area contributed by atoms with Crippen LogP contribution in [0.25, 0.3) is 16.9 Å². The van der Waals surface area contributed by atoms with Crippen molar-refractivity contribution in [3.05, 3.63) is 69.6 Å². The summed E-state index contributed by atoms with van der Waals surface area (Å²) in [4.78, 5) is 4.21. The van der Waals surface area contributed by atoms with Gasteiger partial charge in [0, 0.05) is 10.6 Å². The highest BCUT2D eigenvalue weighted by molar-refractivity contribution is 6.32. The fraction of sp³-hybridized carbons (Fsp3) is 0.360. The molecule has 17 heteroatoms. The Balaban J connectivity index is 1.58. The Morgan fingerprint density at radius 1 is 1.12 bits per heavy atom. The maximum absolute atomic E-state index is 14.4. The highest BCUT2D eigenvalue weighted by Crippen LogP contribution is 2.41. The van der Waals surface area contributed by atoms with E-state index in [4.69, 9.17) is 32.7 Å². The average Bonchev–Trinajstić information content (AvgIpc) is 3.57. The normalized spacial score (nSPS) is 22.9. The SMILES string of the molecule is COc1cc(-c2cn([C@H]3[C@@H](O)[C@@H](CO)O[C@@H](c4nc(C)nn4-c4cc(Cl)ccc4C(F)(F)F)[C@@H]3O)nn2)cc(F)c1Cl. The van der Waals surface area contributed by atoms with Crippen molar-refractivity contribution in [2.75, 3.05) is 13.7 Å². The van der Waals surface area contributed by atoms with E-state index in [0.29, 0.717) is 0 Å². The topological polar surface area (TPSA) is 141 Å². The van der Waals surface area contributed by atoms with E-state index in [1.807, 2.05) is 0 Å². The van der Waals surface area contributed by atoms with E-state index in [-0.39, 0.29) is 38.7 Å². The van der Waals surface area contributed by atoms with Gasteiger partial charge in [0.1, 0.15) is 58.6 Å². The van der Waals surface area contributed by atoms with Gasteiger partial charge in [-0.2, -0.15) is 18.3 Å². The van der Waals surface area contributed by atoms with Crippen molar-refractivity contribution in [2.45, 2.75) is 43.6 Å². The molecule has 1 saturated heterocycles. The second-order valence-electron chi connectivity index (χ2n) is 9.40. The number of halogens is 6. The maximum Gasteiger partial charge on any atom is 0.418 e. The molecule has 0 unspecified atom stereocenters. The highest BCUT2D eigenvalue weighted by Gasteiger charge is 2.49. The third-order valence-corrected chi connectivity index (χ3v) is 7.31. The fourth-order valence-corrected chi connectivity index (χ4v) is 5.11. The molecule has 0 spiro atoms. The Labute approximate surface area is 244 Å². The van der Waals surface area contributed by atoms with Crippen LogP contribution >= 0.6 is 23.2 Å². The molecule has 2 aromatic heterocycles. The summed E-state index contributed by atoms with van der Waals surface area (Å²) in [5.74, 6) is -0.977. The number of aromatic nitrogens is 6. The fourth-order valence-electron chi connectivity index (χ4n) is 4.76. The van der Waals surface area contributed by atoms with Crippen LogP contribution in [0.15, 0.2) is 36.5 Å². The number of aliphatic hydroxyl groups excluding tert-OH is 3. The second-order valence-corrected chi connectivity index (χ2v) is 10.2. The predicted molar refractivity (Wildman–Crippen MR) is 139 cm³/mol. The number of aliphatic hydroxyl groups is 3. The molecular formula is C25H22Cl2F4N6O5. The molecule has 0 bridgehead atoms. The molecule has 0 radical (unpaired) electrons. The summed E-state index contributed by atoms with van der Waals surface area (Å²) >= 11 is 11.9. The van der Waals surface area contributed by atoms with Gasteiger partial charge >= 0.3 is 6.18 Å². The van der Waals surface area contributed by atoms with Gasteiger partial charge < -0.3 is 24.8 Å². The summed E-state index contributed by atoms with van der Waals surface area (Å²) in [6, 6.07) is 4.03. The molecule has 1 aliphatic rings. The van der Waals surface area contributed by atoms with E-state index in [1.165, 1.54) is 26.3 Å². The summed E-state index contributed by atoms with van der Waals surface area (Å²) in [5, 5.41) is 44.2. The van der Waals surface area contributed by atoms with Crippen molar-refractivity contribution in [3.8, 4) is 22.7 Å². The molecule has 42 heavy (non-hydrogen) atoms. The Bertz CT molecular complexity index is 1620. The lowest BCUT2D eigenvalue weighted by molar-refractivity contribution is -0.210. The summed E-state index contributed by atoms with van der Waals surface area (Å²) < 4.78 is 68.8. The van der Waals surface area contributed by atoms with Gasteiger partial charge in [0.25, 0.3) is 0 Å². The van der Waals surface area contributed by atoms with E-state index in [0.717, 1.165) is 33.6 Å². The lowest BCUT2D eigenvalue weighted by Gasteiger charge is -2.41. The Kier molecular flexibility index (Phi) is 8.17. The monoisotopic (exact) mass is 632 g/mol. The molecule has 0 aliphatic carbocycles. The van der Waals surface area contributed by atoms with E-state index in [9.17, 15) is 32.9 Å². The zero-order valence-corrected chi connectivity index (χ0v) is 23.2. The van der Waals surface area contributed by atoms with Crippen LogP contribution in [0.1, 0.15) is 29.4 Å². The molecule has 1 fully saturated rings. The molecule has 11 nitrogen and oxygen atoms in total. The zero-order valence-electron chi connectivity index (χ0n) is 21.7. The van der Waals surface area contributed by atoms with Gasteiger partial charge in [-0.3, -0.25) is 0 Å². The lowest BCUT2D eigenvalue weighted by Crippen LogP contribution is -2.53. The largest absolute Gasteiger partial charge is 0.495 e. The number of hydrogen-bond acceptors (Lipinski definition) is 9. The molecule has 5 atom stereocenters. The minimum absolute atomic E-state index is 0.0193. The van der Waals surface area contributed by atoms with E-state index < -0.39 is 60.3 Å². The molecule has 2 aromatic carbocycles. The van der Waals surface area contributed by atoms with Crippen molar-refractivity contribution in [1.29, 1.82) is 0 Å². The van der Waals surface area contributed by atoms with Gasteiger partial charge in [-0.05, 0) is 37.3 Å². The molecule has 0 amide bonds. The first-order valence-electron chi connectivity index (χ1n) is 12.2. The summed E-state index contributed by atoms with van der Waals surface area (Å²) in [5.41, 5.74) is -1.24. The number of methoxy groups -OCH3 is 1. The standard InChI is InChI=1S/C25H22Cl2F4N6O5/c1-10-32-24(37(34-10)16-7-12(26)3-4-13(16)25(29,30)31)23-22(40)20(21(39)18(9-38)42-23)36-8-15(33-35-36)11-5-14(28)19(27)17(6-11)41-2/h3-8,18,20-23,38-40H,9H2,1-2H3/t18-,20+,21+,22-,23-/m1/s1. The van der Waals surface area contributed by atoms with Crippen LogP contribution < -0.4 is 4.74 Å². The number of ether oxygens (including phenoxy) is 2. The van der Waals surface area contributed by atoms with Crippen LogP contribution in [-0.2, 0) is 10.9 Å². The molecule has 224 valence electrons. The van der Waals surface area contributed by atoms with Gasteiger partial charge in [-0.1, -0.05) is 28.4 Å². The number of hydrogen-bond donors (Lipinski definition) is 3. The van der Waals surface area contributed by atoms with E-state index in [1.54, 1.807) is 0 Å². The molecule has 3 N–H and O–H groups in total. The first-order chi connectivity index (χ1) is 19.8. The van der Waals surface area contributed by atoms with Gasteiger partial charge in [0.2, 0.25) is 0 Å². The molecule has 5 rings (SSSR count). The molecular weight excluding hydrogens is 611 g/mol. The third-order valence-electron chi connectivity index (χ3n) is 6.70. The van der Waals surface area contributed by atoms with Crippen molar-refractivity contribution in [1.82, 2.24) is 29.8 Å². The predicted octanol–water partition coefficient (Wildman–Crippen LogP) is 3.70. The average molecular weight is 633 g/mol. The van der Waals surface area contributed by atoms with Crippen molar-refractivity contribution < 1.29 is 42.4 Å². The molecule has 3 heterocycles. The Morgan fingerprint density at radius 2 is 1.86 bits per heavy atom. The quantitative estimate of drug-likeness (QED) is 0.271. The van der Waals surface area contributed by atoms with Gasteiger partial charge in [0.15, 0.2) is 5.82 Å². The lowest BCUT2D eigenvalue weighted by atomic mass is 9.92. The smallest absolute Gasteiger partial charge is 0.418 e. The van der Waals surface area contributed by atoms with Crippen molar-refractivity contribution in [3.63, 3.8) is 0 Å². The van der Waals surface area contributed by atoms with Crippen LogP contribution in [0.4, 0.5) is 17.6 Å². The van der Waals surface area contributed by atoms with E-state index in [2.05, 4.69) is 20.4 Å². The molecule has 0 saturated carbocycles. The van der Waals surface area contributed by atoms with Crippen molar-refractivity contribution in [2.24, 2.45) is 0 Å². The minimum Gasteiger partial charge on any atom is -0.495 e. The van der Waals surface area contributed by atoms with Gasteiger partial charge in [0.05, 0.1) is 31.2 Å². The van der Waals surface area contributed by atoms with Crippen LogP contribution in [0.5, 0.6) is 5.75 Å². The number of rotatable bonds is 6. The number of benzene rings is 2. The van der Waals surface area contributed by atoms with E-state index >= 15 is 0 Å². The molecule has 4 aromatic rings. The minimum atomic E-state index is -4.80. The molecule has 1 aliphatic heterocycles. The van der Waals surface area contributed by atoms with Crippen LogP contribution in [-0.4, -0.2) is 77.1 Å². The van der Waals surface area contributed by atoms with Crippen LogP contribution in [0, 0.1) is 12.7 Å². The Hall–Kier alpha value is -3.34. The first kappa shape index (κ1) is 30.1.